The number of ether oxygens (including phenoxy) is 1. The first kappa shape index (κ1) is 11.8. The largest absolute Gasteiger partial charge is 0.494 e. The Kier molecular flexibility index (Phi) is 2.80. The van der Waals surface area contributed by atoms with Gasteiger partial charge in [-0.15, -0.1) is 0 Å². The standard InChI is InChI=1S/C17H23NO/c1-2-19-14-7-3-11(4-8-14)10-18-17-15-12-5-6-13(9-12)16(15)17/h3-4,7-8,12-13,15-18H,2,5-6,9-10H2,1H3. The number of fused-ring (bicyclic) bond motifs is 5. The van der Waals surface area contributed by atoms with Gasteiger partial charge in [-0.05, 0) is 67.6 Å². The van der Waals surface area contributed by atoms with Crippen LogP contribution in [0.5, 0.6) is 5.75 Å². The van der Waals surface area contributed by atoms with Crippen molar-refractivity contribution in [3.8, 4) is 5.75 Å². The average molecular weight is 257 g/mol. The summed E-state index contributed by atoms with van der Waals surface area (Å²) in [5.74, 6) is 5.16. The third-order valence-electron chi connectivity index (χ3n) is 5.51. The highest BCUT2D eigenvalue weighted by atomic mass is 16.5. The van der Waals surface area contributed by atoms with Gasteiger partial charge < -0.3 is 10.1 Å². The van der Waals surface area contributed by atoms with E-state index in [1.165, 1.54) is 24.8 Å². The molecule has 3 saturated carbocycles. The van der Waals surface area contributed by atoms with Gasteiger partial charge in [-0.2, -0.15) is 0 Å². The first-order chi connectivity index (χ1) is 9.36. The molecule has 4 unspecified atom stereocenters. The number of hydrogen-bond acceptors (Lipinski definition) is 2. The molecule has 2 heteroatoms. The average Bonchev–Trinajstić information content (AvgIpc) is 2.82. The molecule has 3 aliphatic rings. The van der Waals surface area contributed by atoms with Crippen molar-refractivity contribution in [2.75, 3.05) is 6.61 Å². The molecule has 102 valence electrons. The third kappa shape index (κ3) is 1.97. The molecule has 0 aliphatic heterocycles. The molecule has 1 N–H and O–H groups in total. The normalized spacial score (nSPS) is 38.3. The lowest BCUT2D eigenvalue weighted by Crippen LogP contribution is -2.22. The zero-order valence-corrected chi connectivity index (χ0v) is 11.6. The summed E-state index contributed by atoms with van der Waals surface area (Å²) in [6, 6.07) is 9.36. The second-order valence-corrected chi connectivity index (χ2v) is 6.47. The van der Waals surface area contributed by atoms with E-state index in [0.29, 0.717) is 0 Å². The Morgan fingerprint density at radius 3 is 2.42 bits per heavy atom. The van der Waals surface area contributed by atoms with Gasteiger partial charge in [0, 0.05) is 12.6 Å². The lowest BCUT2D eigenvalue weighted by Gasteiger charge is -2.11. The third-order valence-corrected chi connectivity index (χ3v) is 5.51. The minimum absolute atomic E-state index is 0.742. The molecule has 3 aliphatic carbocycles. The molecule has 0 radical (unpaired) electrons. The Balaban J connectivity index is 1.31. The first-order valence-corrected chi connectivity index (χ1v) is 7.82. The van der Waals surface area contributed by atoms with Crippen molar-refractivity contribution in [3.05, 3.63) is 29.8 Å². The van der Waals surface area contributed by atoms with Crippen LogP contribution in [0.25, 0.3) is 0 Å². The van der Waals surface area contributed by atoms with Crippen LogP contribution in [0.2, 0.25) is 0 Å². The Hall–Kier alpha value is -1.02. The minimum atomic E-state index is 0.742. The molecule has 0 amide bonds. The molecule has 1 aromatic rings. The van der Waals surface area contributed by atoms with Crippen molar-refractivity contribution in [2.45, 2.75) is 38.8 Å². The van der Waals surface area contributed by atoms with E-state index in [9.17, 15) is 0 Å². The quantitative estimate of drug-likeness (QED) is 0.874. The summed E-state index contributed by atoms with van der Waals surface area (Å²) in [6.07, 6.45) is 4.55. The topological polar surface area (TPSA) is 21.3 Å². The molecule has 0 spiro atoms. The van der Waals surface area contributed by atoms with E-state index in [1.807, 2.05) is 6.92 Å². The highest BCUT2D eigenvalue weighted by molar-refractivity contribution is 5.27. The molecule has 2 nitrogen and oxygen atoms in total. The van der Waals surface area contributed by atoms with Crippen molar-refractivity contribution in [3.63, 3.8) is 0 Å². The van der Waals surface area contributed by atoms with Crippen LogP contribution in [0.15, 0.2) is 24.3 Å². The first-order valence-electron chi connectivity index (χ1n) is 7.82. The summed E-state index contributed by atoms with van der Waals surface area (Å²) in [4.78, 5) is 0. The maximum Gasteiger partial charge on any atom is 0.119 e. The van der Waals surface area contributed by atoms with Gasteiger partial charge >= 0.3 is 0 Å². The van der Waals surface area contributed by atoms with E-state index in [4.69, 9.17) is 4.74 Å². The lowest BCUT2D eigenvalue weighted by atomic mass is 10.0. The van der Waals surface area contributed by atoms with Crippen LogP contribution < -0.4 is 10.1 Å². The summed E-state index contributed by atoms with van der Waals surface area (Å²) in [5.41, 5.74) is 1.38. The molecule has 3 fully saturated rings. The van der Waals surface area contributed by atoms with Gasteiger partial charge in [-0.3, -0.25) is 0 Å². The predicted molar refractivity (Wildman–Crippen MR) is 76.0 cm³/mol. The summed E-state index contributed by atoms with van der Waals surface area (Å²) in [5, 5.41) is 3.79. The van der Waals surface area contributed by atoms with Crippen molar-refractivity contribution < 1.29 is 4.74 Å². The van der Waals surface area contributed by atoms with E-state index in [2.05, 4.69) is 29.6 Å². The summed E-state index contributed by atoms with van der Waals surface area (Å²) in [7, 11) is 0. The number of nitrogens with one attached hydrogen (secondary N) is 1. The van der Waals surface area contributed by atoms with E-state index in [1.54, 1.807) is 0 Å². The van der Waals surface area contributed by atoms with Gasteiger partial charge in [0.2, 0.25) is 0 Å². The van der Waals surface area contributed by atoms with Crippen molar-refractivity contribution in [1.29, 1.82) is 0 Å². The smallest absolute Gasteiger partial charge is 0.119 e. The molecule has 0 heterocycles. The van der Waals surface area contributed by atoms with Crippen LogP contribution in [0, 0.1) is 23.7 Å². The minimum Gasteiger partial charge on any atom is -0.494 e. The van der Waals surface area contributed by atoms with Crippen LogP contribution in [-0.2, 0) is 6.54 Å². The zero-order chi connectivity index (χ0) is 12.8. The molecule has 0 saturated heterocycles. The van der Waals surface area contributed by atoms with Crippen molar-refractivity contribution in [2.24, 2.45) is 23.7 Å². The van der Waals surface area contributed by atoms with Crippen LogP contribution in [0.1, 0.15) is 31.7 Å². The van der Waals surface area contributed by atoms with Crippen LogP contribution in [0.3, 0.4) is 0 Å². The van der Waals surface area contributed by atoms with E-state index >= 15 is 0 Å². The fourth-order valence-electron chi connectivity index (χ4n) is 4.70. The zero-order valence-electron chi connectivity index (χ0n) is 11.6. The molecule has 4 atom stereocenters. The Labute approximate surface area is 115 Å². The van der Waals surface area contributed by atoms with E-state index in [-0.39, 0.29) is 0 Å². The van der Waals surface area contributed by atoms with Gasteiger partial charge in [0.1, 0.15) is 5.75 Å². The molecule has 4 rings (SSSR count). The maximum absolute atomic E-state index is 5.48. The fourth-order valence-corrected chi connectivity index (χ4v) is 4.70. The molecule has 0 aromatic heterocycles. The summed E-state index contributed by atoms with van der Waals surface area (Å²) in [6.45, 7) is 3.78. The van der Waals surface area contributed by atoms with Gasteiger partial charge in [-0.25, -0.2) is 0 Å². The highest BCUT2D eigenvalue weighted by Gasteiger charge is 2.64. The number of rotatable bonds is 5. The van der Waals surface area contributed by atoms with Gasteiger partial charge in [0.15, 0.2) is 0 Å². The van der Waals surface area contributed by atoms with Crippen molar-refractivity contribution >= 4 is 0 Å². The molecule has 1 aromatic carbocycles. The summed E-state index contributed by atoms with van der Waals surface area (Å²) < 4.78 is 5.48. The lowest BCUT2D eigenvalue weighted by molar-refractivity contribution is 0.340. The molecule has 2 bridgehead atoms. The Bertz CT molecular complexity index is 439. The second-order valence-electron chi connectivity index (χ2n) is 6.47. The van der Waals surface area contributed by atoms with Gasteiger partial charge in [0.25, 0.3) is 0 Å². The second kappa shape index (κ2) is 4.52. The maximum atomic E-state index is 5.48. The highest BCUT2D eigenvalue weighted by Crippen LogP contribution is 2.65. The van der Waals surface area contributed by atoms with Gasteiger partial charge in [-0.1, -0.05) is 12.1 Å². The van der Waals surface area contributed by atoms with Crippen molar-refractivity contribution in [1.82, 2.24) is 5.32 Å². The van der Waals surface area contributed by atoms with Crippen LogP contribution >= 0.6 is 0 Å². The Morgan fingerprint density at radius 2 is 1.79 bits per heavy atom. The monoisotopic (exact) mass is 257 g/mol. The number of benzene rings is 1. The summed E-state index contributed by atoms with van der Waals surface area (Å²) >= 11 is 0. The Morgan fingerprint density at radius 1 is 1.11 bits per heavy atom. The van der Waals surface area contributed by atoms with E-state index < -0.39 is 0 Å². The predicted octanol–water partition coefficient (Wildman–Crippen LogP) is 3.22. The van der Waals surface area contributed by atoms with Gasteiger partial charge in [0.05, 0.1) is 6.61 Å². The van der Waals surface area contributed by atoms with Crippen LogP contribution in [0.4, 0.5) is 0 Å². The molecular weight excluding hydrogens is 234 g/mol. The van der Waals surface area contributed by atoms with E-state index in [0.717, 1.165) is 48.6 Å². The SMILES string of the molecule is CCOc1ccc(CNC2C3C4CCC(C4)C23)cc1. The number of hydrogen-bond donors (Lipinski definition) is 1. The fraction of sp³-hybridized carbons (Fsp3) is 0.647. The molecular formula is C17H23NO. The molecule has 19 heavy (non-hydrogen) atoms. The van der Waals surface area contributed by atoms with Crippen LogP contribution in [-0.4, -0.2) is 12.6 Å².